The maximum atomic E-state index is 12.6. The van der Waals surface area contributed by atoms with Crippen molar-refractivity contribution in [3.8, 4) is 0 Å². The van der Waals surface area contributed by atoms with Gasteiger partial charge < -0.3 is 5.11 Å². The molecule has 0 aromatic heterocycles. The highest BCUT2D eigenvalue weighted by Gasteiger charge is 2.09. The van der Waals surface area contributed by atoms with Gasteiger partial charge in [-0.15, -0.1) is 0 Å². The van der Waals surface area contributed by atoms with Crippen LogP contribution in [0.25, 0.3) is 5.57 Å². The molecule has 0 radical (unpaired) electrons. The molecule has 0 unspecified atom stereocenters. The van der Waals surface area contributed by atoms with Crippen molar-refractivity contribution in [3.05, 3.63) is 42.0 Å². The van der Waals surface area contributed by atoms with Gasteiger partial charge in [-0.3, -0.25) is 0 Å². The number of rotatable bonds is 2. The average Bonchev–Trinajstić information content (AvgIpc) is 2.08. The Bertz CT molecular complexity index is 372. The van der Waals surface area contributed by atoms with Crippen LogP contribution < -0.4 is 0 Å². The lowest BCUT2D eigenvalue weighted by Crippen LogP contribution is -1.98. The van der Waals surface area contributed by atoms with Gasteiger partial charge in [-0.05, 0) is 17.7 Å². The van der Waals surface area contributed by atoms with Crippen LogP contribution in [0.3, 0.4) is 0 Å². The van der Waals surface area contributed by atoms with Gasteiger partial charge in [-0.25, -0.2) is 13.6 Å². The highest BCUT2D eigenvalue weighted by molar-refractivity contribution is 6.14. The Morgan fingerprint density at radius 2 is 1.92 bits per heavy atom. The van der Waals surface area contributed by atoms with Crippen molar-refractivity contribution >= 4 is 11.5 Å². The average molecular weight is 184 g/mol. The SMILES string of the molecule is C=C(C(=O)O)c1ccc(F)c(F)c1. The molecule has 0 saturated heterocycles. The quantitative estimate of drug-likeness (QED) is 0.714. The summed E-state index contributed by atoms with van der Waals surface area (Å²) in [5.74, 6) is -3.35. The fraction of sp³-hybridized carbons (Fsp3) is 0. The maximum Gasteiger partial charge on any atom is 0.335 e. The molecule has 0 aliphatic heterocycles. The van der Waals surface area contributed by atoms with Gasteiger partial charge in [0.05, 0.1) is 5.57 Å². The molecule has 0 heterocycles. The van der Waals surface area contributed by atoms with Crippen molar-refractivity contribution in [2.75, 3.05) is 0 Å². The van der Waals surface area contributed by atoms with Crippen LogP contribution in [0, 0.1) is 11.6 Å². The molecule has 13 heavy (non-hydrogen) atoms. The van der Waals surface area contributed by atoms with Crippen LogP contribution >= 0.6 is 0 Å². The van der Waals surface area contributed by atoms with Gasteiger partial charge in [0, 0.05) is 0 Å². The molecule has 2 nitrogen and oxygen atoms in total. The Morgan fingerprint density at radius 1 is 1.31 bits per heavy atom. The van der Waals surface area contributed by atoms with E-state index in [4.69, 9.17) is 5.11 Å². The first-order valence-electron chi connectivity index (χ1n) is 3.40. The Balaban J connectivity index is 3.11. The standard InChI is InChI=1S/C9H6F2O2/c1-5(9(12)13)6-2-3-7(10)8(11)4-6/h2-4H,1H2,(H,12,13). The van der Waals surface area contributed by atoms with Gasteiger partial charge in [-0.1, -0.05) is 12.6 Å². The fourth-order valence-electron chi connectivity index (χ4n) is 0.807. The number of hydrogen-bond donors (Lipinski definition) is 1. The maximum absolute atomic E-state index is 12.6. The zero-order chi connectivity index (χ0) is 10.0. The molecule has 0 atom stereocenters. The molecule has 0 fully saturated rings. The Morgan fingerprint density at radius 3 is 2.38 bits per heavy atom. The van der Waals surface area contributed by atoms with Crippen LogP contribution in [-0.2, 0) is 4.79 Å². The second-order valence-corrected chi connectivity index (χ2v) is 2.41. The summed E-state index contributed by atoms with van der Waals surface area (Å²) >= 11 is 0. The molecule has 1 aromatic carbocycles. The van der Waals surface area contributed by atoms with Gasteiger partial charge in [-0.2, -0.15) is 0 Å². The molecule has 0 spiro atoms. The Kier molecular flexibility index (Phi) is 2.41. The van der Waals surface area contributed by atoms with E-state index in [1.165, 1.54) is 0 Å². The molecule has 0 saturated carbocycles. The van der Waals surface area contributed by atoms with Gasteiger partial charge in [0.15, 0.2) is 11.6 Å². The summed E-state index contributed by atoms with van der Waals surface area (Å²) in [6.07, 6.45) is 0. The molecule has 0 aliphatic rings. The molecule has 4 heteroatoms. The van der Waals surface area contributed by atoms with E-state index in [0.29, 0.717) is 0 Å². The lowest BCUT2D eigenvalue weighted by molar-refractivity contribution is -0.130. The van der Waals surface area contributed by atoms with Crippen LogP contribution in [-0.4, -0.2) is 11.1 Å². The number of carbonyl (C=O) groups is 1. The van der Waals surface area contributed by atoms with Crippen LogP contribution in [0.1, 0.15) is 5.56 Å². The van der Waals surface area contributed by atoms with Crippen molar-refractivity contribution in [3.63, 3.8) is 0 Å². The Labute approximate surface area is 73.1 Å². The molecule has 1 N–H and O–H groups in total. The van der Waals surface area contributed by atoms with E-state index in [-0.39, 0.29) is 11.1 Å². The normalized spacial score (nSPS) is 9.69. The molecule has 0 aliphatic carbocycles. The Hall–Kier alpha value is -1.71. The molecule has 0 amide bonds. The minimum Gasteiger partial charge on any atom is -0.478 e. The van der Waals surface area contributed by atoms with E-state index in [2.05, 4.69) is 6.58 Å². The molecule has 68 valence electrons. The summed E-state index contributed by atoms with van der Waals surface area (Å²) in [6, 6.07) is 2.82. The van der Waals surface area contributed by atoms with E-state index < -0.39 is 17.6 Å². The topological polar surface area (TPSA) is 37.3 Å². The number of aliphatic carboxylic acids is 1. The van der Waals surface area contributed by atoms with Gasteiger partial charge >= 0.3 is 5.97 Å². The zero-order valence-electron chi connectivity index (χ0n) is 6.55. The first kappa shape index (κ1) is 9.38. The van der Waals surface area contributed by atoms with E-state index in [1.54, 1.807) is 0 Å². The summed E-state index contributed by atoms with van der Waals surface area (Å²) in [4.78, 5) is 10.4. The summed E-state index contributed by atoms with van der Waals surface area (Å²) in [7, 11) is 0. The summed E-state index contributed by atoms with van der Waals surface area (Å²) in [5, 5.41) is 8.48. The summed E-state index contributed by atoms with van der Waals surface area (Å²) in [5.41, 5.74) is -0.203. The highest BCUT2D eigenvalue weighted by Crippen LogP contribution is 2.15. The zero-order valence-corrected chi connectivity index (χ0v) is 6.55. The molecular formula is C9H6F2O2. The first-order chi connectivity index (χ1) is 6.02. The van der Waals surface area contributed by atoms with Crippen LogP contribution in [0.5, 0.6) is 0 Å². The predicted octanol–water partition coefficient (Wildman–Crippen LogP) is 2.06. The van der Waals surface area contributed by atoms with E-state index in [9.17, 15) is 13.6 Å². The van der Waals surface area contributed by atoms with E-state index in [0.717, 1.165) is 18.2 Å². The van der Waals surface area contributed by atoms with E-state index >= 15 is 0 Å². The third-order valence-corrected chi connectivity index (χ3v) is 1.53. The molecule has 0 bridgehead atoms. The summed E-state index contributed by atoms with van der Waals surface area (Å²) in [6.45, 7) is 3.21. The van der Waals surface area contributed by atoms with Crippen molar-refractivity contribution in [2.45, 2.75) is 0 Å². The van der Waals surface area contributed by atoms with Crippen molar-refractivity contribution in [1.82, 2.24) is 0 Å². The van der Waals surface area contributed by atoms with E-state index in [1.807, 2.05) is 0 Å². The third kappa shape index (κ3) is 1.90. The summed E-state index contributed by atoms with van der Waals surface area (Å²) < 4.78 is 25.0. The third-order valence-electron chi connectivity index (χ3n) is 1.53. The second-order valence-electron chi connectivity index (χ2n) is 2.41. The number of carboxylic acids is 1. The number of benzene rings is 1. The molecule has 1 rings (SSSR count). The van der Waals surface area contributed by atoms with Gasteiger partial charge in [0.2, 0.25) is 0 Å². The lowest BCUT2D eigenvalue weighted by atomic mass is 10.1. The first-order valence-corrected chi connectivity index (χ1v) is 3.40. The number of carboxylic acid groups (broad SMARTS) is 1. The van der Waals surface area contributed by atoms with Gasteiger partial charge in [0.25, 0.3) is 0 Å². The van der Waals surface area contributed by atoms with Crippen LogP contribution in [0.15, 0.2) is 24.8 Å². The van der Waals surface area contributed by atoms with Crippen molar-refractivity contribution < 1.29 is 18.7 Å². The van der Waals surface area contributed by atoms with Crippen LogP contribution in [0.2, 0.25) is 0 Å². The lowest BCUT2D eigenvalue weighted by Gasteiger charge is -2.00. The molecular weight excluding hydrogens is 178 g/mol. The largest absolute Gasteiger partial charge is 0.478 e. The second kappa shape index (κ2) is 3.35. The van der Waals surface area contributed by atoms with Crippen molar-refractivity contribution in [1.29, 1.82) is 0 Å². The minimum atomic E-state index is -1.26. The minimum absolute atomic E-state index is 0.0615. The number of hydrogen-bond acceptors (Lipinski definition) is 1. The van der Waals surface area contributed by atoms with Crippen LogP contribution in [0.4, 0.5) is 8.78 Å². The molecule has 1 aromatic rings. The fourth-order valence-corrected chi connectivity index (χ4v) is 0.807. The highest BCUT2D eigenvalue weighted by atomic mass is 19.2. The number of halogens is 2. The monoisotopic (exact) mass is 184 g/mol. The smallest absolute Gasteiger partial charge is 0.335 e. The predicted molar refractivity (Wildman–Crippen MR) is 43.0 cm³/mol. The van der Waals surface area contributed by atoms with Crippen molar-refractivity contribution in [2.24, 2.45) is 0 Å². The van der Waals surface area contributed by atoms with Gasteiger partial charge in [0.1, 0.15) is 0 Å².